The second-order valence-corrected chi connectivity index (χ2v) is 4.71. The van der Waals surface area contributed by atoms with E-state index in [1.165, 1.54) is 4.90 Å². The molecule has 5 N–H and O–H groups in total. The van der Waals surface area contributed by atoms with Crippen molar-refractivity contribution in [1.29, 1.82) is 0 Å². The van der Waals surface area contributed by atoms with Gasteiger partial charge in [-0.1, -0.05) is 0 Å². The van der Waals surface area contributed by atoms with E-state index in [0.717, 1.165) is 19.6 Å². The van der Waals surface area contributed by atoms with Crippen molar-refractivity contribution in [3.63, 3.8) is 0 Å². The molecule has 1 saturated heterocycles. The van der Waals surface area contributed by atoms with Gasteiger partial charge in [-0.3, -0.25) is 0 Å². The van der Waals surface area contributed by atoms with E-state index in [1.807, 2.05) is 11.8 Å². The van der Waals surface area contributed by atoms with Crippen LogP contribution in [0, 0.1) is 0 Å². The van der Waals surface area contributed by atoms with E-state index in [1.54, 1.807) is 4.90 Å². The van der Waals surface area contributed by atoms with E-state index >= 15 is 0 Å². The van der Waals surface area contributed by atoms with Crippen LogP contribution < -0.4 is 16.8 Å². The molecule has 1 aliphatic heterocycles. The highest BCUT2D eigenvalue weighted by molar-refractivity contribution is 5.76. The lowest BCUT2D eigenvalue weighted by molar-refractivity contribution is 0.181. The number of likely N-dealkylation sites (N-methyl/N-ethyl adjacent to an activating group) is 1. The van der Waals surface area contributed by atoms with E-state index in [4.69, 9.17) is 11.5 Å². The zero-order valence-electron chi connectivity index (χ0n) is 12.2. The molecule has 0 saturated carbocycles. The number of hydrogen-bond donors (Lipinski definition) is 3. The lowest BCUT2D eigenvalue weighted by Crippen LogP contribution is -2.43. The highest BCUT2D eigenvalue weighted by Gasteiger charge is 2.27. The van der Waals surface area contributed by atoms with E-state index in [0.29, 0.717) is 39.3 Å². The van der Waals surface area contributed by atoms with Crippen LogP contribution in [0.3, 0.4) is 0 Å². The summed E-state index contributed by atoms with van der Waals surface area (Å²) in [5.41, 5.74) is 10.6. The van der Waals surface area contributed by atoms with Gasteiger partial charge in [0.15, 0.2) is 0 Å². The number of nitrogens with one attached hydrogen (secondary N) is 1. The highest BCUT2D eigenvalue weighted by atomic mass is 16.2. The first-order chi connectivity index (χ1) is 9.60. The molecular weight excluding hydrogens is 260 g/mol. The summed E-state index contributed by atoms with van der Waals surface area (Å²) in [6, 6.07) is -0.415. The molecular formula is C12H26N6O2. The van der Waals surface area contributed by atoms with Crippen LogP contribution >= 0.6 is 0 Å². The zero-order chi connectivity index (χ0) is 15.0. The van der Waals surface area contributed by atoms with Crippen LogP contribution in [0.4, 0.5) is 9.59 Å². The molecule has 0 radical (unpaired) electrons. The van der Waals surface area contributed by atoms with Gasteiger partial charge in [-0.25, -0.2) is 9.59 Å². The molecule has 116 valence electrons. The van der Waals surface area contributed by atoms with Crippen molar-refractivity contribution in [3.8, 4) is 0 Å². The molecule has 8 nitrogen and oxygen atoms in total. The Morgan fingerprint density at radius 3 is 2.50 bits per heavy atom. The summed E-state index contributed by atoms with van der Waals surface area (Å²) in [5.74, 6) is 0. The van der Waals surface area contributed by atoms with Crippen LogP contribution in [0.25, 0.3) is 0 Å². The van der Waals surface area contributed by atoms with Crippen molar-refractivity contribution in [2.75, 3.05) is 58.9 Å². The molecule has 1 aliphatic rings. The van der Waals surface area contributed by atoms with Gasteiger partial charge >= 0.3 is 12.1 Å². The zero-order valence-corrected chi connectivity index (χ0v) is 12.2. The molecule has 20 heavy (non-hydrogen) atoms. The number of carbonyl (C=O) groups is 2. The van der Waals surface area contributed by atoms with Crippen LogP contribution in [0.5, 0.6) is 0 Å². The topological polar surface area (TPSA) is 108 Å². The van der Waals surface area contributed by atoms with Crippen molar-refractivity contribution in [1.82, 2.24) is 20.0 Å². The van der Waals surface area contributed by atoms with Crippen molar-refractivity contribution in [3.05, 3.63) is 0 Å². The Bertz CT molecular complexity index is 325. The molecule has 8 heteroatoms. The normalized spacial score (nSPS) is 15.0. The SMILES string of the molecule is CCN(CCN1CCN(CCNCCN)C1=O)C(N)=O. The average Bonchev–Trinajstić information content (AvgIpc) is 2.76. The van der Waals surface area contributed by atoms with Crippen LogP contribution in [0.2, 0.25) is 0 Å². The molecule has 0 unspecified atom stereocenters. The Hall–Kier alpha value is -1.54. The van der Waals surface area contributed by atoms with Crippen LogP contribution in [-0.2, 0) is 0 Å². The van der Waals surface area contributed by atoms with Gasteiger partial charge in [0.2, 0.25) is 0 Å². The Kier molecular flexibility index (Phi) is 7.10. The number of hydrogen-bond acceptors (Lipinski definition) is 4. The number of nitrogens with two attached hydrogens (primary N) is 2. The first-order valence-electron chi connectivity index (χ1n) is 7.09. The summed E-state index contributed by atoms with van der Waals surface area (Å²) >= 11 is 0. The van der Waals surface area contributed by atoms with Crippen LogP contribution in [-0.4, -0.2) is 85.7 Å². The summed E-state index contributed by atoms with van der Waals surface area (Å²) in [5, 5.41) is 3.16. The molecule has 0 atom stereocenters. The maximum atomic E-state index is 12.1. The smallest absolute Gasteiger partial charge is 0.320 e. The largest absolute Gasteiger partial charge is 0.351 e. The van der Waals surface area contributed by atoms with Crippen molar-refractivity contribution >= 4 is 12.1 Å². The number of amides is 4. The third kappa shape index (κ3) is 4.86. The number of nitrogens with zero attached hydrogens (tertiary/aromatic N) is 3. The summed E-state index contributed by atoms with van der Waals surface area (Å²) < 4.78 is 0. The van der Waals surface area contributed by atoms with Gasteiger partial charge in [0.1, 0.15) is 0 Å². The highest BCUT2D eigenvalue weighted by Crippen LogP contribution is 2.07. The van der Waals surface area contributed by atoms with Gasteiger partial charge in [-0.2, -0.15) is 0 Å². The fourth-order valence-corrected chi connectivity index (χ4v) is 2.15. The number of rotatable bonds is 9. The lowest BCUT2D eigenvalue weighted by atomic mass is 10.4. The summed E-state index contributed by atoms with van der Waals surface area (Å²) in [4.78, 5) is 28.3. The second kappa shape index (κ2) is 8.60. The van der Waals surface area contributed by atoms with Crippen molar-refractivity contribution in [2.45, 2.75) is 6.92 Å². The first kappa shape index (κ1) is 16.5. The quantitative estimate of drug-likeness (QED) is 0.456. The Balaban J connectivity index is 2.28. The van der Waals surface area contributed by atoms with E-state index in [9.17, 15) is 9.59 Å². The van der Waals surface area contributed by atoms with Gasteiger partial charge in [0, 0.05) is 58.9 Å². The van der Waals surface area contributed by atoms with Gasteiger partial charge in [0.05, 0.1) is 0 Å². The molecule has 1 heterocycles. The molecule has 1 rings (SSSR count). The fourth-order valence-electron chi connectivity index (χ4n) is 2.15. The molecule has 0 spiro atoms. The standard InChI is InChI=1S/C12H26N6O2/c1-2-16(11(14)19)7-8-18-10-9-17(12(18)20)6-5-15-4-3-13/h15H,2-10,13H2,1H3,(H2,14,19). The summed E-state index contributed by atoms with van der Waals surface area (Å²) in [7, 11) is 0. The van der Waals surface area contributed by atoms with Gasteiger partial charge < -0.3 is 31.5 Å². The minimum absolute atomic E-state index is 0.0278. The van der Waals surface area contributed by atoms with Crippen molar-refractivity contribution in [2.24, 2.45) is 11.5 Å². The first-order valence-corrected chi connectivity index (χ1v) is 7.09. The monoisotopic (exact) mass is 286 g/mol. The predicted octanol–water partition coefficient (Wildman–Crippen LogP) is -1.33. The molecule has 0 aromatic rings. The molecule has 0 aromatic carbocycles. The maximum Gasteiger partial charge on any atom is 0.320 e. The third-order valence-corrected chi connectivity index (χ3v) is 3.39. The van der Waals surface area contributed by atoms with Crippen LogP contribution in [0.1, 0.15) is 6.92 Å². The Labute approximate surface area is 120 Å². The van der Waals surface area contributed by atoms with E-state index < -0.39 is 6.03 Å². The number of carbonyl (C=O) groups excluding carboxylic acids is 2. The molecule has 4 amide bonds. The van der Waals surface area contributed by atoms with Gasteiger partial charge in [0.25, 0.3) is 0 Å². The van der Waals surface area contributed by atoms with E-state index in [-0.39, 0.29) is 6.03 Å². The fraction of sp³-hybridized carbons (Fsp3) is 0.833. The lowest BCUT2D eigenvalue weighted by Gasteiger charge is -2.23. The molecule has 0 aliphatic carbocycles. The maximum absolute atomic E-state index is 12.1. The average molecular weight is 286 g/mol. The number of primary amides is 1. The minimum atomic E-state index is -0.443. The third-order valence-electron chi connectivity index (χ3n) is 3.39. The molecule has 1 fully saturated rings. The van der Waals surface area contributed by atoms with Gasteiger partial charge in [-0.05, 0) is 6.92 Å². The summed E-state index contributed by atoms with van der Waals surface area (Å²) in [6.45, 7) is 7.66. The molecule has 0 aromatic heterocycles. The molecule has 0 bridgehead atoms. The van der Waals surface area contributed by atoms with Gasteiger partial charge in [-0.15, -0.1) is 0 Å². The Morgan fingerprint density at radius 2 is 1.95 bits per heavy atom. The second-order valence-electron chi connectivity index (χ2n) is 4.71. The summed E-state index contributed by atoms with van der Waals surface area (Å²) in [6.07, 6.45) is 0. The predicted molar refractivity (Wildman–Crippen MR) is 77.3 cm³/mol. The number of urea groups is 2. The minimum Gasteiger partial charge on any atom is -0.351 e. The van der Waals surface area contributed by atoms with E-state index in [2.05, 4.69) is 5.32 Å². The Morgan fingerprint density at radius 1 is 1.30 bits per heavy atom. The van der Waals surface area contributed by atoms with Crippen LogP contribution in [0.15, 0.2) is 0 Å². The van der Waals surface area contributed by atoms with Crippen molar-refractivity contribution < 1.29 is 9.59 Å².